The van der Waals surface area contributed by atoms with Crippen molar-refractivity contribution in [1.82, 2.24) is 34.9 Å². The van der Waals surface area contributed by atoms with E-state index in [1.165, 1.54) is 5.56 Å². The first-order valence-corrected chi connectivity index (χ1v) is 15.5. The summed E-state index contributed by atoms with van der Waals surface area (Å²) < 4.78 is 5.52. The van der Waals surface area contributed by atoms with Gasteiger partial charge in [0.1, 0.15) is 23.4 Å². The Morgan fingerprint density at radius 1 is 1.10 bits per heavy atom. The lowest BCUT2D eigenvalue weighted by Gasteiger charge is -2.60. The number of hydrogen-bond acceptors (Lipinski definition) is 8. The highest BCUT2D eigenvalue weighted by Gasteiger charge is 2.53. The number of nitrogens with zero attached hydrogens (tertiary/aromatic N) is 7. The van der Waals surface area contributed by atoms with Crippen LogP contribution < -0.4 is 4.90 Å². The maximum atomic E-state index is 12.3. The molecule has 1 spiro atoms. The first-order chi connectivity index (χ1) is 20.0. The maximum Gasteiger partial charge on any atom is 0.410 e. The zero-order chi connectivity index (χ0) is 29.6. The number of fused-ring (bicyclic) bond motifs is 1. The molecular formula is C32H46N8O2. The van der Waals surface area contributed by atoms with Gasteiger partial charge in [0, 0.05) is 81.8 Å². The Morgan fingerprint density at radius 3 is 2.60 bits per heavy atom. The van der Waals surface area contributed by atoms with E-state index < -0.39 is 5.60 Å². The molecule has 3 aromatic rings. The van der Waals surface area contributed by atoms with Gasteiger partial charge in [-0.3, -0.25) is 10.00 Å². The molecule has 0 aliphatic carbocycles. The van der Waals surface area contributed by atoms with Crippen LogP contribution in [0.2, 0.25) is 0 Å². The number of ether oxygens (including phenoxy) is 1. The predicted octanol–water partition coefficient (Wildman–Crippen LogP) is 4.28. The number of hydrogen-bond donors (Lipinski definition) is 1. The van der Waals surface area contributed by atoms with E-state index in [4.69, 9.17) is 4.74 Å². The van der Waals surface area contributed by atoms with Crippen LogP contribution in [0.3, 0.4) is 0 Å². The summed E-state index contributed by atoms with van der Waals surface area (Å²) in [4.78, 5) is 30.9. The van der Waals surface area contributed by atoms with Gasteiger partial charge in [-0.25, -0.2) is 14.8 Å². The van der Waals surface area contributed by atoms with Crippen LogP contribution in [0.25, 0.3) is 22.3 Å². The molecule has 5 heterocycles. The Bertz CT molecular complexity index is 1420. The van der Waals surface area contributed by atoms with E-state index in [0.717, 1.165) is 93.4 Å². The average molecular weight is 575 g/mol. The first kappa shape index (κ1) is 28.9. The van der Waals surface area contributed by atoms with Gasteiger partial charge in [-0.2, -0.15) is 5.10 Å². The van der Waals surface area contributed by atoms with Crippen LogP contribution in [0.4, 0.5) is 10.6 Å². The van der Waals surface area contributed by atoms with E-state index in [9.17, 15) is 4.79 Å². The van der Waals surface area contributed by atoms with Crippen molar-refractivity contribution in [2.75, 3.05) is 63.8 Å². The van der Waals surface area contributed by atoms with Crippen molar-refractivity contribution in [2.24, 2.45) is 11.3 Å². The Kier molecular flexibility index (Phi) is 7.64. The average Bonchev–Trinajstić information content (AvgIpc) is 3.29. The number of anilines is 1. The van der Waals surface area contributed by atoms with Gasteiger partial charge in [0.25, 0.3) is 0 Å². The summed E-state index contributed by atoms with van der Waals surface area (Å²) >= 11 is 0. The second kappa shape index (κ2) is 11.1. The van der Waals surface area contributed by atoms with Crippen molar-refractivity contribution in [3.63, 3.8) is 0 Å². The number of benzene rings is 1. The minimum Gasteiger partial charge on any atom is -0.444 e. The summed E-state index contributed by atoms with van der Waals surface area (Å²) in [5.41, 5.74) is 3.94. The lowest BCUT2D eigenvalue weighted by molar-refractivity contribution is -0.114. The van der Waals surface area contributed by atoms with Gasteiger partial charge < -0.3 is 19.4 Å². The Hall–Kier alpha value is -3.24. The van der Waals surface area contributed by atoms with Crippen LogP contribution in [0.1, 0.15) is 47.1 Å². The van der Waals surface area contributed by atoms with Crippen LogP contribution in [0, 0.1) is 11.3 Å². The van der Waals surface area contributed by atoms with Crippen molar-refractivity contribution in [3.05, 3.63) is 36.2 Å². The number of aromatic amines is 1. The number of nitrogens with one attached hydrogen (secondary N) is 1. The number of H-pyrrole nitrogens is 1. The normalized spacial score (nSPS) is 21.2. The van der Waals surface area contributed by atoms with Gasteiger partial charge in [0.2, 0.25) is 0 Å². The molecule has 42 heavy (non-hydrogen) atoms. The molecule has 0 saturated carbocycles. The number of amides is 1. The summed E-state index contributed by atoms with van der Waals surface area (Å²) in [7, 11) is 0. The summed E-state index contributed by atoms with van der Waals surface area (Å²) in [5, 5.41) is 8.92. The first-order valence-electron chi connectivity index (χ1n) is 15.5. The minimum absolute atomic E-state index is 0.178. The fraction of sp³-hybridized carbons (Fsp3) is 0.625. The van der Waals surface area contributed by atoms with E-state index in [1.807, 2.05) is 25.7 Å². The van der Waals surface area contributed by atoms with Gasteiger partial charge >= 0.3 is 6.09 Å². The quantitative estimate of drug-likeness (QED) is 0.447. The van der Waals surface area contributed by atoms with E-state index in [2.05, 4.69) is 79.9 Å². The van der Waals surface area contributed by atoms with E-state index in [0.29, 0.717) is 12.0 Å². The minimum atomic E-state index is -0.437. The molecule has 3 aliphatic rings. The van der Waals surface area contributed by atoms with Crippen molar-refractivity contribution >= 4 is 22.8 Å². The van der Waals surface area contributed by atoms with Crippen molar-refractivity contribution in [1.29, 1.82) is 0 Å². The number of piperazine rings is 1. The molecule has 1 atom stereocenters. The smallest absolute Gasteiger partial charge is 0.410 e. The molecule has 3 aliphatic heterocycles. The molecule has 1 amide bonds. The van der Waals surface area contributed by atoms with Gasteiger partial charge in [-0.1, -0.05) is 19.9 Å². The number of carbonyl (C=O) groups is 1. The lowest BCUT2D eigenvalue weighted by atomic mass is 9.73. The van der Waals surface area contributed by atoms with E-state index in [-0.39, 0.29) is 11.5 Å². The molecule has 2 aromatic heterocycles. The molecule has 0 radical (unpaired) electrons. The third-order valence-electron chi connectivity index (χ3n) is 8.78. The van der Waals surface area contributed by atoms with Crippen LogP contribution in [-0.4, -0.2) is 112 Å². The number of carbonyl (C=O) groups excluding carboxylic acids is 1. The fourth-order valence-corrected chi connectivity index (χ4v) is 6.79. The molecule has 226 valence electrons. The third-order valence-corrected chi connectivity index (χ3v) is 8.78. The number of likely N-dealkylation sites (tertiary alicyclic amines) is 2. The zero-order valence-electron chi connectivity index (χ0n) is 26.1. The van der Waals surface area contributed by atoms with Gasteiger partial charge in [0.15, 0.2) is 0 Å². The topological polar surface area (TPSA) is 93.7 Å². The largest absolute Gasteiger partial charge is 0.444 e. The molecule has 1 aromatic carbocycles. The van der Waals surface area contributed by atoms with Crippen LogP contribution in [-0.2, 0) is 11.2 Å². The number of rotatable bonds is 7. The van der Waals surface area contributed by atoms with Gasteiger partial charge in [-0.05, 0) is 57.7 Å². The standard InChI is InChI=1S/C32H46N8O2/c1-22(2)13-24-7-8-26-25(14-24)29(36-35-26)27-15-28(34-21-33-27)39-12-11-38(23(3)16-39)10-9-37-17-32(18-37)19-40(20-32)30(41)42-31(4,5)6/h7-8,14-15,21-23H,9-13,16-20H2,1-6H3,(H,35,36). The fourth-order valence-electron chi connectivity index (χ4n) is 6.79. The zero-order valence-corrected chi connectivity index (χ0v) is 26.1. The maximum absolute atomic E-state index is 12.3. The highest BCUT2D eigenvalue weighted by molar-refractivity contribution is 5.92. The van der Waals surface area contributed by atoms with Crippen molar-refractivity contribution in [3.8, 4) is 11.4 Å². The molecule has 1 N–H and O–H groups in total. The summed E-state index contributed by atoms with van der Waals surface area (Å²) in [6.07, 6.45) is 2.54. The highest BCUT2D eigenvalue weighted by atomic mass is 16.6. The monoisotopic (exact) mass is 574 g/mol. The molecule has 3 saturated heterocycles. The second-order valence-corrected chi connectivity index (χ2v) is 14.2. The molecule has 0 bridgehead atoms. The Morgan fingerprint density at radius 2 is 1.88 bits per heavy atom. The summed E-state index contributed by atoms with van der Waals surface area (Å²) in [5.74, 6) is 1.57. The molecular weight excluding hydrogens is 528 g/mol. The van der Waals surface area contributed by atoms with E-state index in [1.54, 1.807) is 6.33 Å². The lowest BCUT2D eigenvalue weighted by Crippen LogP contribution is -2.73. The molecule has 10 nitrogen and oxygen atoms in total. The van der Waals surface area contributed by atoms with Crippen molar-refractivity contribution < 1.29 is 9.53 Å². The van der Waals surface area contributed by atoms with E-state index >= 15 is 0 Å². The van der Waals surface area contributed by atoms with Crippen LogP contribution in [0.15, 0.2) is 30.6 Å². The van der Waals surface area contributed by atoms with Crippen LogP contribution >= 0.6 is 0 Å². The Balaban J connectivity index is 1.000. The second-order valence-electron chi connectivity index (χ2n) is 14.2. The van der Waals surface area contributed by atoms with Crippen molar-refractivity contribution in [2.45, 2.75) is 59.6 Å². The summed E-state index contributed by atoms with van der Waals surface area (Å²) in [6.45, 7) is 21.4. The van der Waals surface area contributed by atoms with Gasteiger partial charge in [0.05, 0.1) is 11.2 Å². The Labute approximate surface area is 249 Å². The number of aromatic nitrogens is 4. The third kappa shape index (κ3) is 6.10. The summed E-state index contributed by atoms with van der Waals surface area (Å²) in [6, 6.07) is 9.08. The molecule has 3 fully saturated rings. The predicted molar refractivity (Wildman–Crippen MR) is 166 cm³/mol. The van der Waals surface area contributed by atoms with Gasteiger partial charge in [-0.15, -0.1) is 0 Å². The molecule has 6 rings (SSSR count). The SMILES string of the molecule is CC(C)Cc1ccc2[nH]nc(-c3cc(N4CCN(CCN5CC6(C5)CN(C(=O)OC(C)(C)C)C6)C(C)C4)ncn3)c2c1. The molecule has 10 heteroatoms. The molecule has 1 unspecified atom stereocenters. The van der Waals surface area contributed by atoms with Crippen LogP contribution in [0.5, 0.6) is 0 Å². The highest BCUT2D eigenvalue weighted by Crippen LogP contribution is 2.40.